The van der Waals surface area contributed by atoms with E-state index in [0.29, 0.717) is 0 Å². The van der Waals surface area contributed by atoms with Crippen molar-refractivity contribution in [2.45, 2.75) is 58.1 Å². The van der Waals surface area contributed by atoms with E-state index in [-0.39, 0.29) is 18.1 Å². The smallest absolute Gasteiger partial charge is 0.241 e. The van der Waals surface area contributed by atoms with Crippen molar-refractivity contribution in [2.24, 2.45) is 0 Å². The molecule has 0 aromatic heterocycles. The van der Waals surface area contributed by atoms with Gasteiger partial charge in [-0.1, -0.05) is 25.8 Å². The van der Waals surface area contributed by atoms with Gasteiger partial charge in [0.1, 0.15) is 5.75 Å². The molecule has 1 heterocycles. The number of anilines is 1. The maximum Gasteiger partial charge on any atom is 0.241 e. The Morgan fingerprint density at radius 2 is 2.29 bits per heavy atom. The number of nitrogens with one attached hydrogen (secondary N) is 2. The zero-order valence-corrected chi connectivity index (χ0v) is 13.0. The number of carbonyl (C=O) groups is 1. The number of rotatable bonds is 5. The number of benzene rings is 1. The average molecular weight is 290 g/mol. The average Bonchev–Trinajstić information content (AvgIpc) is 2.76. The van der Waals surface area contributed by atoms with E-state index in [2.05, 4.69) is 17.6 Å². The lowest BCUT2D eigenvalue weighted by Crippen LogP contribution is -2.39. The zero-order valence-electron chi connectivity index (χ0n) is 13.0. The molecule has 116 valence electrons. The standard InChI is InChI=1S/C17H26N2O2/c1-3-13(2)21-15-9-7-8-14(12-15)19-17(20)16-10-5-4-6-11-18-16/h7-9,12-13,16,18H,3-6,10-11H2,1-2H3,(H,19,20). The van der Waals surface area contributed by atoms with Crippen molar-refractivity contribution in [1.29, 1.82) is 0 Å². The van der Waals surface area contributed by atoms with Crippen LogP contribution in [-0.4, -0.2) is 24.6 Å². The van der Waals surface area contributed by atoms with E-state index in [0.717, 1.165) is 43.7 Å². The Balaban J connectivity index is 1.95. The van der Waals surface area contributed by atoms with Crippen LogP contribution in [0, 0.1) is 0 Å². The molecule has 2 rings (SSSR count). The second kappa shape index (κ2) is 8.03. The van der Waals surface area contributed by atoms with Gasteiger partial charge in [0, 0.05) is 11.8 Å². The first-order chi connectivity index (χ1) is 10.2. The number of ether oxygens (including phenoxy) is 1. The van der Waals surface area contributed by atoms with Crippen LogP contribution in [0.25, 0.3) is 0 Å². The topological polar surface area (TPSA) is 50.4 Å². The molecule has 4 heteroatoms. The molecule has 1 amide bonds. The van der Waals surface area contributed by atoms with Crippen LogP contribution in [0.1, 0.15) is 46.0 Å². The molecule has 0 saturated carbocycles. The number of hydrogen-bond acceptors (Lipinski definition) is 3. The van der Waals surface area contributed by atoms with E-state index in [4.69, 9.17) is 4.74 Å². The maximum atomic E-state index is 12.3. The predicted octanol–water partition coefficient (Wildman–Crippen LogP) is 3.33. The zero-order chi connectivity index (χ0) is 15.1. The molecule has 1 saturated heterocycles. The highest BCUT2D eigenvalue weighted by atomic mass is 16.5. The van der Waals surface area contributed by atoms with Crippen LogP contribution in [0.4, 0.5) is 5.69 Å². The van der Waals surface area contributed by atoms with E-state index < -0.39 is 0 Å². The molecule has 1 aliphatic heterocycles. The second-order valence-electron chi connectivity index (χ2n) is 5.71. The minimum absolute atomic E-state index is 0.0533. The van der Waals surface area contributed by atoms with Crippen molar-refractivity contribution in [3.63, 3.8) is 0 Å². The first kappa shape index (κ1) is 15.8. The Hall–Kier alpha value is -1.55. The summed E-state index contributed by atoms with van der Waals surface area (Å²) < 4.78 is 5.78. The Morgan fingerprint density at radius 1 is 1.43 bits per heavy atom. The van der Waals surface area contributed by atoms with Crippen LogP contribution in [0.2, 0.25) is 0 Å². The third kappa shape index (κ3) is 5.05. The molecule has 0 aliphatic carbocycles. The highest BCUT2D eigenvalue weighted by Crippen LogP contribution is 2.20. The fraction of sp³-hybridized carbons (Fsp3) is 0.588. The minimum atomic E-state index is -0.0772. The second-order valence-corrected chi connectivity index (χ2v) is 5.71. The molecule has 4 nitrogen and oxygen atoms in total. The fourth-order valence-corrected chi connectivity index (χ4v) is 2.44. The Labute approximate surface area is 127 Å². The van der Waals surface area contributed by atoms with Crippen LogP contribution in [0.3, 0.4) is 0 Å². The van der Waals surface area contributed by atoms with E-state index in [1.807, 2.05) is 31.2 Å². The summed E-state index contributed by atoms with van der Waals surface area (Å²) in [7, 11) is 0. The van der Waals surface area contributed by atoms with Crippen LogP contribution in [0.5, 0.6) is 5.75 Å². The third-order valence-corrected chi connectivity index (χ3v) is 3.89. The van der Waals surface area contributed by atoms with Gasteiger partial charge in [0.15, 0.2) is 0 Å². The lowest BCUT2D eigenvalue weighted by Gasteiger charge is -2.17. The van der Waals surface area contributed by atoms with E-state index >= 15 is 0 Å². The number of amides is 1. The minimum Gasteiger partial charge on any atom is -0.491 e. The number of carbonyl (C=O) groups excluding carboxylic acids is 1. The molecular formula is C17H26N2O2. The molecule has 21 heavy (non-hydrogen) atoms. The van der Waals surface area contributed by atoms with Gasteiger partial charge in [-0.15, -0.1) is 0 Å². The maximum absolute atomic E-state index is 12.3. The van der Waals surface area contributed by atoms with Crippen molar-refractivity contribution < 1.29 is 9.53 Å². The summed E-state index contributed by atoms with van der Waals surface area (Å²) >= 11 is 0. The van der Waals surface area contributed by atoms with E-state index in [1.54, 1.807) is 0 Å². The van der Waals surface area contributed by atoms with Crippen molar-refractivity contribution in [3.05, 3.63) is 24.3 Å². The van der Waals surface area contributed by atoms with Gasteiger partial charge >= 0.3 is 0 Å². The van der Waals surface area contributed by atoms with Gasteiger partial charge < -0.3 is 15.4 Å². The lowest BCUT2D eigenvalue weighted by atomic mass is 10.1. The van der Waals surface area contributed by atoms with Crippen molar-refractivity contribution in [2.75, 3.05) is 11.9 Å². The summed E-state index contributed by atoms with van der Waals surface area (Å²) in [6.07, 6.45) is 5.52. The highest BCUT2D eigenvalue weighted by Gasteiger charge is 2.19. The highest BCUT2D eigenvalue weighted by molar-refractivity contribution is 5.95. The summed E-state index contributed by atoms with van der Waals surface area (Å²) in [5.74, 6) is 0.855. The predicted molar refractivity (Wildman–Crippen MR) is 85.7 cm³/mol. The van der Waals surface area contributed by atoms with Crippen molar-refractivity contribution in [3.8, 4) is 5.75 Å². The largest absolute Gasteiger partial charge is 0.491 e. The summed E-state index contributed by atoms with van der Waals surface area (Å²) in [6.45, 7) is 5.06. The van der Waals surface area contributed by atoms with E-state index in [9.17, 15) is 4.79 Å². The Bertz CT molecular complexity index is 454. The number of hydrogen-bond donors (Lipinski definition) is 2. The van der Waals surface area contributed by atoms with E-state index in [1.165, 1.54) is 6.42 Å². The Kier molecular flexibility index (Phi) is 6.05. The van der Waals surface area contributed by atoms with Crippen LogP contribution >= 0.6 is 0 Å². The molecule has 1 aromatic rings. The monoisotopic (exact) mass is 290 g/mol. The van der Waals surface area contributed by atoms with Crippen LogP contribution in [0.15, 0.2) is 24.3 Å². The molecule has 2 atom stereocenters. The van der Waals surface area contributed by atoms with Crippen molar-refractivity contribution in [1.82, 2.24) is 5.32 Å². The molecule has 1 aromatic carbocycles. The molecule has 2 unspecified atom stereocenters. The summed E-state index contributed by atoms with van der Waals surface area (Å²) in [6, 6.07) is 7.55. The summed E-state index contributed by atoms with van der Waals surface area (Å²) in [5.41, 5.74) is 0.798. The summed E-state index contributed by atoms with van der Waals surface area (Å²) in [5, 5.41) is 6.30. The molecule has 1 fully saturated rings. The SMILES string of the molecule is CCC(C)Oc1cccc(NC(=O)C2CCCCCN2)c1. The quantitative estimate of drug-likeness (QED) is 0.874. The van der Waals surface area contributed by atoms with Gasteiger partial charge in [0.2, 0.25) is 5.91 Å². The normalized spacial score (nSPS) is 20.4. The molecular weight excluding hydrogens is 264 g/mol. The van der Waals surface area contributed by atoms with Gasteiger partial charge in [-0.3, -0.25) is 4.79 Å². The van der Waals surface area contributed by atoms with Crippen LogP contribution in [-0.2, 0) is 4.79 Å². The van der Waals surface area contributed by atoms with Gasteiger partial charge in [0.25, 0.3) is 0 Å². The molecule has 0 spiro atoms. The van der Waals surface area contributed by atoms with Crippen molar-refractivity contribution >= 4 is 11.6 Å². The van der Waals surface area contributed by atoms with Crippen LogP contribution < -0.4 is 15.4 Å². The van der Waals surface area contributed by atoms with Gasteiger partial charge in [0.05, 0.1) is 12.1 Å². The van der Waals surface area contributed by atoms with Gasteiger partial charge in [-0.25, -0.2) is 0 Å². The lowest BCUT2D eigenvalue weighted by molar-refractivity contribution is -0.118. The fourth-order valence-electron chi connectivity index (χ4n) is 2.44. The molecule has 1 aliphatic rings. The first-order valence-corrected chi connectivity index (χ1v) is 8.00. The summed E-state index contributed by atoms with van der Waals surface area (Å²) in [4.78, 5) is 12.3. The third-order valence-electron chi connectivity index (χ3n) is 3.89. The first-order valence-electron chi connectivity index (χ1n) is 8.00. The molecule has 2 N–H and O–H groups in total. The molecule has 0 bridgehead atoms. The van der Waals surface area contributed by atoms with Gasteiger partial charge in [-0.05, 0) is 44.9 Å². The van der Waals surface area contributed by atoms with Gasteiger partial charge in [-0.2, -0.15) is 0 Å². The Morgan fingerprint density at radius 3 is 3.10 bits per heavy atom. The molecule has 0 radical (unpaired) electrons.